The Balaban J connectivity index is 2.48. The van der Waals surface area contributed by atoms with E-state index in [0.717, 1.165) is 0 Å². The second-order valence-electron chi connectivity index (χ2n) is 2.21. The number of nitrogens with zero attached hydrogens (tertiary/aromatic N) is 2. The molecular weight excluding hydrogens is 130 g/mol. The molecule has 1 rings (SSSR count). The lowest BCUT2D eigenvalue weighted by molar-refractivity contribution is 0.196. The first-order valence-electron chi connectivity index (χ1n) is 3.17. The van der Waals surface area contributed by atoms with Gasteiger partial charge in [-0.2, -0.15) is 0 Å². The van der Waals surface area contributed by atoms with Gasteiger partial charge in [-0.1, -0.05) is 6.08 Å². The van der Waals surface area contributed by atoms with E-state index in [9.17, 15) is 4.79 Å². The summed E-state index contributed by atoms with van der Waals surface area (Å²) in [7, 11) is 0. The van der Waals surface area contributed by atoms with Crippen LogP contribution in [0.2, 0.25) is 0 Å². The zero-order valence-electron chi connectivity index (χ0n) is 5.79. The lowest BCUT2D eigenvalue weighted by Crippen LogP contribution is -2.36. The smallest absolute Gasteiger partial charge is 0.318 e. The van der Waals surface area contributed by atoms with Gasteiger partial charge in [0, 0.05) is 13.1 Å². The zero-order valence-corrected chi connectivity index (χ0v) is 5.79. The van der Waals surface area contributed by atoms with Crippen LogP contribution in [0.1, 0.15) is 0 Å². The van der Waals surface area contributed by atoms with Crippen molar-refractivity contribution in [3.63, 3.8) is 0 Å². The Hall–Kier alpha value is -1.03. The Kier molecular flexibility index (Phi) is 1.91. The fourth-order valence-corrected chi connectivity index (χ4v) is 0.927. The zero-order chi connectivity index (χ0) is 7.56. The maximum absolute atomic E-state index is 11.0. The minimum atomic E-state index is -0.111. The van der Waals surface area contributed by atoms with Gasteiger partial charge in [0.1, 0.15) is 0 Å². The summed E-state index contributed by atoms with van der Waals surface area (Å²) >= 11 is 0. The first kappa shape index (κ1) is 7.08. The van der Waals surface area contributed by atoms with Crippen LogP contribution < -0.4 is 5.84 Å². The molecule has 1 fully saturated rings. The number of hydrogen-bond acceptors (Lipinski definition) is 2. The molecule has 0 bridgehead atoms. The molecule has 1 saturated heterocycles. The van der Waals surface area contributed by atoms with Crippen molar-refractivity contribution in [2.75, 3.05) is 19.6 Å². The molecule has 0 atom stereocenters. The number of hydrazine groups is 1. The van der Waals surface area contributed by atoms with Crippen molar-refractivity contribution < 1.29 is 4.79 Å². The summed E-state index contributed by atoms with van der Waals surface area (Å²) in [6.45, 7) is 5.45. The summed E-state index contributed by atoms with van der Waals surface area (Å²) in [5.41, 5.74) is 0. The molecular formula is C6H11N3O. The fourth-order valence-electron chi connectivity index (χ4n) is 0.927. The Morgan fingerprint density at radius 3 is 2.80 bits per heavy atom. The third-order valence-electron chi connectivity index (χ3n) is 1.48. The molecule has 10 heavy (non-hydrogen) atoms. The highest BCUT2D eigenvalue weighted by Gasteiger charge is 2.24. The van der Waals surface area contributed by atoms with E-state index >= 15 is 0 Å². The molecule has 0 aliphatic carbocycles. The summed E-state index contributed by atoms with van der Waals surface area (Å²) in [4.78, 5) is 12.6. The van der Waals surface area contributed by atoms with Crippen LogP contribution in [0.25, 0.3) is 0 Å². The van der Waals surface area contributed by atoms with Crippen LogP contribution in [0.3, 0.4) is 0 Å². The summed E-state index contributed by atoms with van der Waals surface area (Å²) < 4.78 is 0. The van der Waals surface area contributed by atoms with E-state index in [1.165, 1.54) is 5.01 Å². The van der Waals surface area contributed by atoms with Crippen molar-refractivity contribution in [3.05, 3.63) is 12.7 Å². The molecule has 1 aliphatic heterocycles. The van der Waals surface area contributed by atoms with Crippen LogP contribution in [0.15, 0.2) is 12.7 Å². The molecule has 0 unspecified atom stereocenters. The van der Waals surface area contributed by atoms with E-state index in [4.69, 9.17) is 5.84 Å². The first-order chi connectivity index (χ1) is 4.75. The van der Waals surface area contributed by atoms with Gasteiger partial charge in [-0.05, 0) is 0 Å². The van der Waals surface area contributed by atoms with Crippen molar-refractivity contribution in [2.24, 2.45) is 5.84 Å². The molecule has 2 N–H and O–H groups in total. The van der Waals surface area contributed by atoms with Crippen LogP contribution in [0.5, 0.6) is 0 Å². The van der Waals surface area contributed by atoms with Gasteiger partial charge in [0.05, 0.1) is 6.54 Å². The highest BCUT2D eigenvalue weighted by atomic mass is 16.2. The van der Waals surface area contributed by atoms with E-state index in [1.807, 2.05) is 0 Å². The second-order valence-corrected chi connectivity index (χ2v) is 2.21. The number of carbonyl (C=O) groups excluding carboxylic acids is 1. The Morgan fingerprint density at radius 2 is 2.40 bits per heavy atom. The summed E-state index contributed by atoms with van der Waals surface area (Å²) in [5, 5.41) is 1.21. The number of nitrogens with two attached hydrogens (primary N) is 1. The normalized spacial score (nSPS) is 18.3. The monoisotopic (exact) mass is 141 g/mol. The van der Waals surface area contributed by atoms with Crippen LogP contribution >= 0.6 is 0 Å². The molecule has 4 heteroatoms. The van der Waals surface area contributed by atoms with Crippen LogP contribution in [-0.2, 0) is 0 Å². The molecule has 0 aromatic carbocycles. The fraction of sp³-hybridized carbons (Fsp3) is 0.500. The lowest BCUT2D eigenvalue weighted by Gasteiger charge is -2.12. The van der Waals surface area contributed by atoms with Crippen LogP contribution in [0, 0.1) is 0 Å². The number of rotatable bonds is 2. The van der Waals surface area contributed by atoms with E-state index in [2.05, 4.69) is 6.58 Å². The standard InChI is InChI=1S/C6H11N3O/c1-2-3-8-4-5-9(7)6(8)10/h2H,1,3-5,7H2. The molecule has 1 aliphatic rings. The minimum Gasteiger partial charge on any atom is -0.318 e. The maximum Gasteiger partial charge on any atom is 0.334 e. The molecule has 56 valence electrons. The average Bonchev–Trinajstić information content (AvgIpc) is 2.20. The average molecular weight is 141 g/mol. The summed E-state index contributed by atoms with van der Waals surface area (Å²) in [6.07, 6.45) is 1.69. The van der Waals surface area contributed by atoms with Crippen LogP contribution in [0.4, 0.5) is 4.79 Å². The van der Waals surface area contributed by atoms with Crippen molar-refractivity contribution in [3.8, 4) is 0 Å². The number of amides is 2. The van der Waals surface area contributed by atoms with Crippen molar-refractivity contribution >= 4 is 6.03 Å². The van der Waals surface area contributed by atoms with Gasteiger partial charge >= 0.3 is 6.03 Å². The van der Waals surface area contributed by atoms with Crippen molar-refractivity contribution in [1.29, 1.82) is 0 Å². The molecule has 2 amide bonds. The third kappa shape index (κ3) is 1.11. The minimum absolute atomic E-state index is 0.111. The largest absolute Gasteiger partial charge is 0.334 e. The second kappa shape index (κ2) is 2.70. The molecule has 0 aromatic rings. The van der Waals surface area contributed by atoms with E-state index < -0.39 is 0 Å². The highest BCUT2D eigenvalue weighted by molar-refractivity contribution is 5.75. The van der Waals surface area contributed by atoms with Gasteiger partial charge in [-0.15, -0.1) is 6.58 Å². The van der Waals surface area contributed by atoms with Crippen molar-refractivity contribution in [2.45, 2.75) is 0 Å². The van der Waals surface area contributed by atoms with Gasteiger partial charge in [0.25, 0.3) is 0 Å². The van der Waals surface area contributed by atoms with Gasteiger partial charge in [0.2, 0.25) is 0 Å². The van der Waals surface area contributed by atoms with Gasteiger partial charge in [0.15, 0.2) is 0 Å². The van der Waals surface area contributed by atoms with Gasteiger partial charge in [-0.3, -0.25) is 5.01 Å². The van der Waals surface area contributed by atoms with E-state index in [-0.39, 0.29) is 6.03 Å². The predicted octanol–water partition coefficient (Wildman–Crippen LogP) is -0.216. The molecule has 1 heterocycles. The highest BCUT2D eigenvalue weighted by Crippen LogP contribution is 2.02. The van der Waals surface area contributed by atoms with Gasteiger partial charge < -0.3 is 4.90 Å². The number of carbonyl (C=O) groups is 1. The molecule has 0 radical (unpaired) electrons. The van der Waals surface area contributed by atoms with Gasteiger partial charge in [-0.25, -0.2) is 10.6 Å². The van der Waals surface area contributed by atoms with Crippen molar-refractivity contribution in [1.82, 2.24) is 9.91 Å². The Morgan fingerprint density at radius 1 is 1.70 bits per heavy atom. The lowest BCUT2D eigenvalue weighted by atomic mass is 10.5. The molecule has 0 saturated carbocycles. The predicted molar refractivity (Wildman–Crippen MR) is 38.1 cm³/mol. The molecule has 4 nitrogen and oxygen atoms in total. The van der Waals surface area contributed by atoms with E-state index in [1.54, 1.807) is 11.0 Å². The third-order valence-corrected chi connectivity index (χ3v) is 1.48. The Bertz CT molecular complexity index is 157. The molecule has 0 aromatic heterocycles. The SMILES string of the molecule is C=CCN1CCN(N)C1=O. The van der Waals surface area contributed by atoms with E-state index in [0.29, 0.717) is 19.6 Å². The number of hydrogen-bond donors (Lipinski definition) is 1. The van der Waals surface area contributed by atoms with Crippen LogP contribution in [-0.4, -0.2) is 35.6 Å². The Labute approximate surface area is 59.9 Å². The number of urea groups is 1. The summed E-state index contributed by atoms with van der Waals surface area (Å²) in [6, 6.07) is -0.111. The topological polar surface area (TPSA) is 49.6 Å². The maximum atomic E-state index is 11.0. The molecule has 0 spiro atoms. The quantitative estimate of drug-likeness (QED) is 0.328. The summed E-state index contributed by atoms with van der Waals surface area (Å²) in [5.74, 6) is 5.31. The first-order valence-corrected chi connectivity index (χ1v) is 3.17.